The molecule has 1 N–H and O–H groups in total. The molecule has 3 rings (SSSR count). The standard InChI is InChI=1S/C26H24F6N2O5S/c1-4-39-21-8-6-20(7-9-21)34(40(36,37)23-11-16(2)5-10-22(23)38-3)15-24(35)33-19-13-17(25(27,28)29)12-18(14-19)26(30,31)32/h5-14H,4,15H2,1-3H3,(H,33,35). The zero-order valence-corrected chi connectivity index (χ0v) is 22.2. The molecule has 0 radical (unpaired) electrons. The topological polar surface area (TPSA) is 84.9 Å². The number of sulfonamides is 1. The molecule has 0 fully saturated rings. The number of anilines is 2. The average Bonchev–Trinajstić information content (AvgIpc) is 2.86. The van der Waals surface area contributed by atoms with Gasteiger partial charge in [-0.3, -0.25) is 9.10 Å². The van der Waals surface area contributed by atoms with Crippen LogP contribution >= 0.6 is 0 Å². The van der Waals surface area contributed by atoms with Crippen LogP contribution in [0.5, 0.6) is 11.5 Å². The lowest BCUT2D eigenvalue weighted by atomic mass is 10.1. The molecule has 0 unspecified atom stereocenters. The molecule has 3 aromatic rings. The van der Waals surface area contributed by atoms with E-state index < -0.39 is 51.6 Å². The summed E-state index contributed by atoms with van der Waals surface area (Å²) in [5.74, 6) is -0.851. The molecule has 0 atom stereocenters. The quantitative estimate of drug-likeness (QED) is 0.297. The number of halogens is 6. The van der Waals surface area contributed by atoms with Crippen molar-refractivity contribution < 1.29 is 49.0 Å². The van der Waals surface area contributed by atoms with E-state index >= 15 is 0 Å². The van der Waals surface area contributed by atoms with Crippen LogP contribution in [0.2, 0.25) is 0 Å². The van der Waals surface area contributed by atoms with E-state index in [1.165, 1.54) is 43.5 Å². The maximum absolute atomic E-state index is 13.8. The van der Waals surface area contributed by atoms with Crippen LogP contribution < -0.4 is 19.1 Å². The van der Waals surface area contributed by atoms with Crippen molar-refractivity contribution in [2.24, 2.45) is 0 Å². The Bertz CT molecular complexity index is 1440. The molecule has 7 nitrogen and oxygen atoms in total. The van der Waals surface area contributed by atoms with Gasteiger partial charge in [-0.1, -0.05) is 6.07 Å². The third-order valence-electron chi connectivity index (χ3n) is 5.48. The van der Waals surface area contributed by atoms with Crippen LogP contribution in [-0.2, 0) is 27.2 Å². The molecule has 14 heteroatoms. The maximum atomic E-state index is 13.8. The Morgan fingerprint density at radius 1 is 0.900 bits per heavy atom. The number of alkyl halides is 6. The van der Waals surface area contributed by atoms with Gasteiger partial charge in [-0.15, -0.1) is 0 Å². The summed E-state index contributed by atoms with van der Waals surface area (Å²) in [5.41, 5.74) is -3.58. The van der Waals surface area contributed by atoms with Gasteiger partial charge in [0.05, 0.1) is 30.5 Å². The molecule has 1 amide bonds. The smallest absolute Gasteiger partial charge is 0.416 e. The summed E-state index contributed by atoms with van der Waals surface area (Å²) in [7, 11) is -3.31. The SMILES string of the molecule is CCOc1ccc(N(CC(=O)Nc2cc(C(F)(F)F)cc(C(F)(F)F)c2)S(=O)(=O)c2cc(C)ccc2OC)cc1. The van der Waals surface area contributed by atoms with Crippen molar-refractivity contribution in [3.05, 3.63) is 77.4 Å². The summed E-state index contributed by atoms with van der Waals surface area (Å²) < 4.78 is 118. The van der Waals surface area contributed by atoms with Gasteiger partial charge >= 0.3 is 12.4 Å². The molecule has 216 valence electrons. The van der Waals surface area contributed by atoms with Crippen LogP contribution in [0.25, 0.3) is 0 Å². The first-order chi connectivity index (χ1) is 18.6. The highest BCUT2D eigenvalue weighted by molar-refractivity contribution is 7.93. The van der Waals surface area contributed by atoms with Crippen LogP contribution in [0.3, 0.4) is 0 Å². The molecular weight excluding hydrogens is 566 g/mol. The number of amides is 1. The van der Waals surface area contributed by atoms with E-state index in [2.05, 4.69) is 0 Å². The van der Waals surface area contributed by atoms with Gasteiger partial charge in [-0.2, -0.15) is 26.3 Å². The summed E-state index contributed by atoms with van der Waals surface area (Å²) in [5, 5.41) is 1.96. The fraction of sp³-hybridized carbons (Fsp3) is 0.269. The van der Waals surface area contributed by atoms with Gasteiger partial charge in [0.2, 0.25) is 5.91 Å². The second-order valence-electron chi connectivity index (χ2n) is 8.44. The van der Waals surface area contributed by atoms with Gasteiger partial charge in [0.25, 0.3) is 10.0 Å². The minimum Gasteiger partial charge on any atom is -0.495 e. The van der Waals surface area contributed by atoms with E-state index in [0.717, 1.165) is 0 Å². The Balaban J connectivity index is 2.05. The summed E-state index contributed by atoms with van der Waals surface area (Å²) >= 11 is 0. The Morgan fingerprint density at radius 3 is 1.98 bits per heavy atom. The number of methoxy groups -OCH3 is 1. The molecule has 0 saturated heterocycles. The van der Waals surface area contributed by atoms with E-state index in [-0.39, 0.29) is 22.4 Å². The number of carbonyl (C=O) groups excluding carboxylic acids is 1. The van der Waals surface area contributed by atoms with Crippen LogP contribution in [0.1, 0.15) is 23.6 Å². The number of hydrogen-bond acceptors (Lipinski definition) is 5. The lowest BCUT2D eigenvalue weighted by molar-refractivity contribution is -0.143. The minimum atomic E-state index is -5.14. The molecule has 0 saturated carbocycles. The fourth-order valence-electron chi connectivity index (χ4n) is 3.65. The first kappa shape index (κ1) is 30.6. The highest BCUT2D eigenvalue weighted by atomic mass is 32.2. The van der Waals surface area contributed by atoms with E-state index in [9.17, 15) is 39.6 Å². The predicted octanol–water partition coefficient (Wildman–Crippen LogP) is 6.27. The number of nitrogens with one attached hydrogen (secondary N) is 1. The second kappa shape index (κ2) is 11.7. The molecule has 0 aliphatic carbocycles. The second-order valence-corrected chi connectivity index (χ2v) is 10.3. The van der Waals surface area contributed by atoms with Crippen LogP contribution in [0.15, 0.2) is 65.6 Å². The summed E-state index contributed by atoms with van der Waals surface area (Å²) in [4.78, 5) is 12.6. The molecule has 0 spiro atoms. The highest BCUT2D eigenvalue weighted by Crippen LogP contribution is 2.38. The van der Waals surface area contributed by atoms with Crippen molar-refractivity contribution in [1.82, 2.24) is 0 Å². The number of hydrogen-bond donors (Lipinski definition) is 1. The number of aryl methyl sites for hydroxylation is 1. The van der Waals surface area contributed by atoms with E-state index in [4.69, 9.17) is 9.47 Å². The van der Waals surface area contributed by atoms with Gasteiger partial charge in [0.1, 0.15) is 22.9 Å². The number of benzene rings is 3. The number of nitrogens with zero attached hydrogens (tertiary/aromatic N) is 1. The summed E-state index contributed by atoms with van der Waals surface area (Å²) in [6.07, 6.45) is -10.3. The monoisotopic (exact) mass is 590 g/mol. The molecule has 0 aromatic heterocycles. The molecular formula is C26H24F6N2O5S. The van der Waals surface area contributed by atoms with Gasteiger partial charge in [0.15, 0.2) is 0 Å². The van der Waals surface area contributed by atoms with Crippen molar-refractivity contribution in [3.8, 4) is 11.5 Å². The Morgan fingerprint density at radius 2 is 1.48 bits per heavy atom. The first-order valence-electron chi connectivity index (χ1n) is 11.6. The first-order valence-corrected chi connectivity index (χ1v) is 13.0. The van der Waals surface area contributed by atoms with Gasteiger partial charge in [-0.05, 0) is 74.0 Å². The number of rotatable bonds is 9. The molecule has 0 bridgehead atoms. The Labute approximate surface area is 226 Å². The predicted molar refractivity (Wildman–Crippen MR) is 135 cm³/mol. The van der Waals surface area contributed by atoms with Crippen molar-refractivity contribution in [3.63, 3.8) is 0 Å². The molecule has 0 heterocycles. The van der Waals surface area contributed by atoms with Crippen molar-refractivity contribution in [2.45, 2.75) is 31.1 Å². The van der Waals surface area contributed by atoms with Crippen molar-refractivity contribution >= 4 is 27.3 Å². The van der Waals surface area contributed by atoms with E-state index in [0.29, 0.717) is 34.4 Å². The van der Waals surface area contributed by atoms with Crippen LogP contribution in [-0.4, -0.2) is 34.6 Å². The maximum Gasteiger partial charge on any atom is 0.416 e. The van der Waals surface area contributed by atoms with Crippen molar-refractivity contribution in [1.29, 1.82) is 0 Å². The van der Waals surface area contributed by atoms with Crippen LogP contribution in [0.4, 0.5) is 37.7 Å². The number of carbonyl (C=O) groups is 1. The third kappa shape index (κ3) is 7.17. The Kier molecular flexibility index (Phi) is 8.92. The molecule has 40 heavy (non-hydrogen) atoms. The number of ether oxygens (including phenoxy) is 2. The fourth-order valence-corrected chi connectivity index (χ4v) is 5.32. The molecule has 0 aliphatic heterocycles. The Hall–Kier alpha value is -3.94. The van der Waals surface area contributed by atoms with Gasteiger partial charge in [0, 0.05) is 5.69 Å². The largest absolute Gasteiger partial charge is 0.495 e. The lowest BCUT2D eigenvalue weighted by Crippen LogP contribution is -2.38. The zero-order chi connectivity index (χ0) is 29.9. The molecule has 0 aliphatic rings. The molecule has 3 aromatic carbocycles. The zero-order valence-electron chi connectivity index (χ0n) is 21.4. The highest BCUT2D eigenvalue weighted by Gasteiger charge is 2.37. The minimum absolute atomic E-state index is 0.0258. The normalized spacial score (nSPS) is 12.1. The third-order valence-corrected chi connectivity index (χ3v) is 7.28. The van der Waals surface area contributed by atoms with Crippen molar-refractivity contribution in [2.75, 3.05) is 29.9 Å². The average molecular weight is 591 g/mol. The van der Waals surface area contributed by atoms with Gasteiger partial charge in [-0.25, -0.2) is 8.42 Å². The van der Waals surface area contributed by atoms with Gasteiger partial charge < -0.3 is 14.8 Å². The van der Waals surface area contributed by atoms with E-state index in [1.807, 2.05) is 5.32 Å². The lowest BCUT2D eigenvalue weighted by Gasteiger charge is -2.25. The van der Waals surface area contributed by atoms with E-state index in [1.54, 1.807) is 19.9 Å². The summed E-state index contributed by atoms with van der Waals surface area (Å²) in [6.45, 7) is 2.68. The summed E-state index contributed by atoms with van der Waals surface area (Å²) in [6, 6.07) is 10.4. The van der Waals surface area contributed by atoms with Crippen LogP contribution in [0, 0.1) is 6.92 Å².